The van der Waals surface area contributed by atoms with E-state index in [9.17, 15) is 14.4 Å². The number of benzene rings is 2. The van der Waals surface area contributed by atoms with Crippen LogP contribution in [0.25, 0.3) is 0 Å². The Morgan fingerprint density at radius 1 is 0.886 bits per heavy atom. The van der Waals surface area contributed by atoms with Crippen LogP contribution >= 0.6 is 0 Å². The van der Waals surface area contributed by atoms with Gasteiger partial charge >= 0.3 is 11.8 Å². The summed E-state index contributed by atoms with van der Waals surface area (Å²) in [4.78, 5) is 43.5. The van der Waals surface area contributed by atoms with E-state index in [4.69, 9.17) is 0 Å². The van der Waals surface area contributed by atoms with Gasteiger partial charge in [0.1, 0.15) is 0 Å². The largest absolute Gasteiger partial charge is 0.374 e. The van der Waals surface area contributed by atoms with E-state index >= 15 is 0 Å². The molecule has 3 N–H and O–H groups in total. The fraction of sp³-hybridized carbons (Fsp3) is 0.423. The van der Waals surface area contributed by atoms with Crippen LogP contribution in [-0.2, 0) is 20.8 Å². The van der Waals surface area contributed by atoms with Gasteiger partial charge in [-0.2, -0.15) is 0 Å². The van der Waals surface area contributed by atoms with Crippen LogP contribution in [0.5, 0.6) is 0 Å². The van der Waals surface area contributed by atoms with Crippen molar-refractivity contribution in [2.24, 2.45) is 0 Å². The highest BCUT2D eigenvalue weighted by Gasteiger charge is 2.27. The van der Waals surface area contributed by atoms with Crippen molar-refractivity contribution in [3.05, 3.63) is 53.6 Å². The number of carbonyl (C=O) groups is 3. The van der Waals surface area contributed by atoms with E-state index in [0.717, 1.165) is 44.7 Å². The minimum absolute atomic E-state index is 0.0141. The summed E-state index contributed by atoms with van der Waals surface area (Å²) >= 11 is 0. The molecule has 4 rings (SSSR count). The number of nitrogens with one attached hydrogen (secondary N) is 3. The summed E-state index contributed by atoms with van der Waals surface area (Å²) in [6, 6.07) is 13.2. The van der Waals surface area contributed by atoms with Crippen LogP contribution in [0, 0.1) is 0 Å². The first-order valence-corrected chi connectivity index (χ1v) is 12.0. The molecule has 3 amide bonds. The third-order valence-corrected chi connectivity index (χ3v) is 6.70. The fourth-order valence-electron chi connectivity index (χ4n) is 4.72. The molecule has 0 unspecified atom stereocenters. The Balaban J connectivity index is 1.43. The zero-order valence-corrected chi connectivity index (χ0v) is 20.6. The Hall–Kier alpha value is -3.43. The highest BCUT2D eigenvalue weighted by molar-refractivity contribution is 6.39. The number of fused-ring (bicyclic) bond motifs is 1. The summed E-state index contributed by atoms with van der Waals surface area (Å²) in [6.45, 7) is 6.49. The van der Waals surface area contributed by atoms with Crippen LogP contribution < -0.4 is 20.9 Å². The number of nitrogens with zero attached hydrogens (tertiary/aromatic N) is 3. The monoisotopic (exact) mass is 478 g/mol. The van der Waals surface area contributed by atoms with Gasteiger partial charge in [-0.25, -0.2) is 0 Å². The van der Waals surface area contributed by atoms with Gasteiger partial charge in [-0.3, -0.25) is 19.3 Å². The van der Waals surface area contributed by atoms with Crippen molar-refractivity contribution in [3.8, 4) is 0 Å². The molecule has 1 saturated heterocycles. The maximum atomic E-state index is 12.7. The van der Waals surface area contributed by atoms with E-state index in [0.29, 0.717) is 17.9 Å². The minimum Gasteiger partial charge on any atom is -0.374 e. The summed E-state index contributed by atoms with van der Waals surface area (Å²) in [6.07, 6.45) is 1.02. The molecule has 35 heavy (non-hydrogen) atoms. The average Bonchev–Trinajstić information content (AvgIpc) is 3.20. The normalized spacial score (nSPS) is 16.9. The topological polar surface area (TPSA) is 97.0 Å². The van der Waals surface area contributed by atoms with Crippen LogP contribution in [0.1, 0.15) is 24.1 Å². The van der Waals surface area contributed by atoms with Gasteiger partial charge in [-0.15, -0.1) is 0 Å². The molecular weight excluding hydrogens is 444 g/mol. The number of hydrogen-bond acceptors (Lipinski definition) is 6. The average molecular weight is 479 g/mol. The third kappa shape index (κ3) is 6.17. The van der Waals surface area contributed by atoms with Gasteiger partial charge in [0.05, 0.1) is 6.04 Å². The summed E-state index contributed by atoms with van der Waals surface area (Å²) in [7, 11) is 4.22. The lowest BCUT2D eigenvalue weighted by molar-refractivity contribution is -0.136. The van der Waals surface area contributed by atoms with Crippen molar-refractivity contribution >= 4 is 34.8 Å². The second kappa shape index (κ2) is 10.9. The molecule has 0 bridgehead atoms. The summed E-state index contributed by atoms with van der Waals surface area (Å²) in [5.74, 6) is -1.63. The standard InChI is InChI=1S/C26H34N6O3/c1-18(33)28-21-5-4-6-22(16-21)29-26(35)25(34)27-17-24(32-13-11-30(2)12-14-32)19-7-8-23-20(15-19)9-10-31(23)3/h4-8,15-16,24H,9-14,17H2,1-3H3,(H,27,34)(H,28,33)(H,29,35)/t24-/m0/s1. The highest BCUT2D eigenvalue weighted by Crippen LogP contribution is 2.31. The van der Waals surface area contributed by atoms with Crippen LogP contribution in [0.4, 0.5) is 17.1 Å². The quantitative estimate of drug-likeness (QED) is 0.547. The van der Waals surface area contributed by atoms with Crippen LogP contribution in [0.15, 0.2) is 42.5 Å². The molecule has 186 valence electrons. The number of piperazine rings is 1. The molecular formula is C26H34N6O3. The Labute approximate surface area is 206 Å². The summed E-state index contributed by atoms with van der Waals surface area (Å²) < 4.78 is 0. The second-order valence-electron chi connectivity index (χ2n) is 9.34. The molecule has 9 heteroatoms. The molecule has 2 aliphatic heterocycles. The molecule has 0 saturated carbocycles. The van der Waals surface area contributed by atoms with Gasteiger partial charge in [0.25, 0.3) is 0 Å². The first-order valence-electron chi connectivity index (χ1n) is 12.0. The predicted octanol–water partition coefficient (Wildman–Crippen LogP) is 1.68. The maximum Gasteiger partial charge on any atom is 0.313 e. The van der Waals surface area contributed by atoms with Crippen LogP contribution in [-0.4, -0.2) is 80.9 Å². The third-order valence-electron chi connectivity index (χ3n) is 6.70. The van der Waals surface area contributed by atoms with E-state index in [1.54, 1.807) is 24.3 Å². The van der Waals surface area contributed by atoms with Crippen molar-refractivity contribution in [2.75, 3.05) is 68.9 Å². The lowest BCUT2D eigenvalue weighted by Crippen LogP contribution is -2.49. The number of carbonyl (C=O) groups excluding carboxylic acids is 3. The van der Waals surface area contributed by atoms with Gasteiger partial charge in [-0.05, 0) is 48.9 Å². The first kappa shape index (κ1) is 24.7. The van der Waals surface area contributed by atoms with Crippen molar-refractivity contribution < 1.29 is 14.4 Å². The number of amides is 3. The van der Waals surface area contributed by atoms with Crippen LogP contribution in [0.2, 0.25) is 0 Å². The fourth-order valence-corrected chi connectivity index (χ4v) is 4.72. The van der Waals surface area contributed by atoms with Gasteiger partial charge in [0.2, 0.25) is 5.91 Å². The van der Waals surface area contributed by atoms with Crippen LogP contribution in [0.3, 0.4) is 0 Å². The van der Waals surface area contributed by atoms with Gasteiger partial charge < -0.3 is 25.8 Å². The molecule has 0 aromatic heterocycles. The zero-order chi connectivity index (χ0) is 24.9. The summed E-state index contributed by atoms with van der Waals surface area (Å²) in [5, 5.41) is 8.12. The molecule has 2 aromatic rings. The SMILES string of the molecule is CC(=O)Nc1cccc(NC(=O)C(=O)NC[C@@H](c2ccc3c(c2)CCN3C)N2CCN(C)CC2)c1. The molecule has 1 fully saturated rings. The molecule has 2 heterocycles. The second-order valence-corrected chi connectivity index (χ2v) is 9.34. The molecule has 9 nitrogen and oxygen atoms in total. The molecule has 1 atom stereocenters. The van der Waals surface area contributed by atoms with Gasteiger partial charge in [0.15, 0.2) is 0 Å². The molecule has 2 aliphatic rings. The van der Waals surface area contributed by atoms with E-state index in [2.05, 4.69) is 62.9 Å². The molecule has 0 spiro atoms. The zero-order valence-electron chi connectivity index (χ0n) is 20.6. The van der Waals surface area contributed by atoms with E-state index in [1.807, 2.05) is 0 Å². The Bertz CT molecular complexity index is 1100. The Morgan fingerprint density at radius 2 is 1.60 bits per heavy atom. The first-order chi connectivity index (χ1) is 16.8. The molecule has 2 aromatic carbocycles. The predicted molar refractivity (Wildman–Crippen MR) is 138 cm³/mol. The lowest BCUT2D eigenvalue weighted by Gasteiger charge is -2.38. The van der Waals surface area contributed by atoms with Crippen molar-refractivity contribution in [2.45, 2.75) is 19.4 Å². The highest BCUT2D eigenvalue weighted by atomic mass is 16.2. The Kier molecular flexibility index (Phi) is 7.67. The van der Waals surface area contributed by atoms with Crippen molar-refractivity contribution in [1.29, 1.82) is 0 Å². The number of rotatable bonds is 6. The van der Waals surface area contributed by atoms with Gasteiger partial charge in [-0.1, -0.05) is 18.2 Å². The minimum atomic E-state index is -0.738. The van der Waals surface area contributed by atoms with E-state index in [1.165, 1.54) is 18.2 Å². The van der Waals surface area contributed by atoms with Crippen molar-refractivity contribution in [1.82, 2.24) is 15.1 Å². The summed E-state index contributed by atoms with van der Waals surface area (Å²) in [5.41, 5.74) is 4.73. The van der Waals surface area contributed by atoms with E-state index < -0.39 is 11.8 Å². The van der Waals surface area contributed by atoms with E-state index in [-0.39, 0.29) is 11.9 Å². The molecule has 0 aliphatic carbocycles. The van der Waals surface area contributed by atoms with Gasteiger partial charge in [0, 0.05) is 70.3 Å². The lowest BCUT2D eigenvalue weighted by atomic mass is 10.00. The number of likely N-dealkylation sites (N-methyl/N-ethyl adjacent to an activating group) is 2. The number of anilines is 3. The smallest absolute Gasteiger partial charge is 0.313 e. The Morgan fingerprint density at radius 3 is 2.31 bits per heavy atom. The molecule has 0 radical (unpaired) electrons. The van der Waals surface area contributed by atoms with Crippen molar-refractivity contribution in [3.63, 3.8) is 0 Å². The maximum absolute atomic E-state index is 12.7. The number of hydrogen-bond donors (Lipinski definition) is 3.